The van der Waals surface area contributed by atoms with E-state index in [0.29, 0.717) is 30.1 Å². The predicted octanol–water partition coefficient (Wildman–Crippen LogP) is 3.38. The third-order valence-corrected chi connectivity index (χ3v) is 5.84. The van der Waals surface area contributed by atoms with Crippen molar-refractivity contribution in [2.75, 3.05) is 23.8 Å². The lowest BCUT2D eigenvalue weighted by molar-refractivity contribution is -0.142. The Balaban J connectivity index is 1.45. The second-order valence-corrected chi connectivity index (χ2v) is 8.30. The Hall–Kier alpha value is -3.17. The summed E-state index contributed by atoms with van der Waals surface area (Å²) in [4.78, 5) is 24.5. The van der Waals surface area contributed by atoms with Crippen molar-refractivity contribution in [1.82, 2.24) is 5.32 Å². The van der Waals surface area contributed by atoms with Crippen LogP contribution in [0.2, 0.25) is 0 Å². The van der Waals surface area contributed by atoms with Crippen molar-refractivity contribution in [3.8, 4) is 5.75 Å². The van der Waals surface area contributed by atoms with Crippen LogP contribution >= 0.6 is 0 Å². The van der Waals surface area contributed by atoms with Crippen molar-refractivity contribution in [3.63, 3.8) is 0 Å². The van der Waals surface area contributed by atoms with Gasteiger partial charge in [0.25, 0.3) is 0 Å². The lowest BCUT2D eigenvalue weighted by Crippen LogP contribution is -2.47. The highest BCUT2D eigenvalue weighted by Crippen LogP contribution is 2.47. The number of ether oxygens (including phenoxy) is 2. The quantitative estimate of drug-likeness (QED) is 0.510. The van der Waals surface area contributed by atoms with Gasteiger partial charge < -0.3 is 30.5 Å². The molecule has 4 rings (SSSR count). The van der Waals surface area contributed by atoms with Crippen LogP contribution in [0.15, 0.2) is 42.5 Å². The summed E-state index contributed by atoms with van der Waals surface area (Å²) in [6, 6.07) is 10.4. The average molecular weight is 458 g/mol. The van der Waals surface area contributed by atoms with E-state index in [2.05, 4.69) is 16.0 Å². The Morgan fingerprint density at radius 3 is 2.58 bits per heavy atom. The number of carbonyl (C=O) groups excluding carboxylic acids is 2. The summed E-state index contributed by atoms with van der Waals surface area (Å²) >= 11 is 0. The van der Waals surface area contributed by atoms with E-state index in [0.717, 1.165) is 12.0 Å². The van der Waals surface area contributed by atoms with Crippen LogP contribution in [-0.4, -0.2) is 48.5 Å². The second-order valence-electron chi connectivity index (χ2n) is 8.30. The van der Waals surface area contributed by atoms with E-state index < -0.39 is 12.1 Å². The normalized spacial score (nSPS) is 23.1. The first-order valence-electron chi connectivity index (χ1n) is 11.1. The van der Waals surface area contributed by atoms with Gasteiger partial charge in [0.2, 0.25) is 5.91 Å². The molecule has 2 aromatic rings. The molecule has 1 saturated heterocycles. The Morgan fingerprint density at radius 1 is 1.12 bits per heavy atom. The molecule has 8 nitrogen and oxygen atoms in total. The van der Waals surface area contributed by atoms with Crippen LogP contribution in [0.4, 0.5) is 20.6 Å². The van der Waals surface area contributed by atoms with Crippen molar-refractivity contribution < 1.29 is 28.6 Å². The number of benzene rings is 2. The maximum absolute atomic E-state index is 13.1. The highest BCUT2D eigenvalue weighted by Gasteiger charge is 2.46. The number of nitrogens with one attached hydrogen (secondary N) is 3. The fourth-order valence-corrected chi connectivity index (χ4v) is 4.34. The molecule has 0 spiro atoms. The number of rotatable bonds is 7. The summed E-state index contributed by atoms with van der Waals surface area (Å²) in [6.45, 7) is 2.39. The lowest BCUT2D eigenvalue weighted by atomic mass is 9.84. The first kappa shape index (κ1) is 23.0. The van der Waals surface area contributed by atoms with Crippen LogP contribution in [-0.2, 0) is 9.53 Å². The monoisotopic (exact) mass is 457 g/mol. The molecule has 3 amide bonds. The maximum Gasteiger partial charge on any atom is 0.323 e. The van der Waals surface area contributed by atoms with Crippen molar-refractivity contribution in [3.05, 3.63) is 53.8 Å². The summed E-state index contributed by atoms with van der Waals surface area (Å²) in [5, 5.41) is 18.1. The maximum atomic E-state index is 13.1. The summed E-state index contributed by atoms with van der Waals surface area (Å²) < 4.78 is 25.1. The third-order valence-electron chi connectivity index (χ3n) is 5.84. The van der Waals surface area contributed by atoms with Gasteiger partial charge in [0.05, 0.1) is 19.1 Å². The van der Waals surface area contributed by atoms with E-state index in [1.165, 1.54) is 24.3 Å². The summed E-state index contributed by atoms with van der Waals surface area (Å²) in [7, 11) is 0. The number of hydrogen-bond donors (Lipinski definition) is 4. The molecule has 4 atom stereocenters. The largest absolute Gasteiger partial charge is 0.487 e. The number of halogens is 1. The number of carbonyl (C=O) groups is 2. The number of urea groups is 1. The average Bonchev–Trinajstić information content (AvgIpc) is 3.16. The van der Waals surface area contributed by atoms with E-state index in [9.17, 15) is 19.1 Å². The van der Waals surface area contributed by atoms with Gasteiger partial charge >= 0.3 is 6.03 Å². The molecular weight excluding hydrogens is 429 g/mol. The van der Waals surface area contributed by atoms with Gasteiger partial charge in [0.15, 0.2) is 0 Å². The van der Waals surface area contributed by atoms with E-state index >= 15 is 0 Å². The van der Waals surface area contributed by atoms with E-state index in [1.807, 2.05) is 13.0 Å². The molecule has 0 unspecified atom stereocenters. The molecule has 0 aliphatic carbocycles. The molecule has 0 radical (unpaired) electrons. The van der Waals surface area contributed by atoms with Gasteiger partial charge in [-0.1, -0.05) is 6.92 Å². The fourth-order valence-electron chi connectivity index (χ4n) is 4.34. The topological polar surface area (TPSA) is 109 Å². The minimum atomic E-state index is -0.543. The zero-order valence-corrected chi connectivity index (χ0v) is 18.3. The highest BCUT2D eigenvalue weighted by atomic mass is 19.1. The molecule has 2 heterocycles. The van der Waals surface area contributed by atoms with Crippen molar-refractivity contribution in [1.29, 1.82) is 0 Å². The number of aliphatic hydroxyl groups is 1. The van der Waals surface area contributed by atoms with Crippen LogP contribution in [0, 0.1) is 5.82 Å². The van der Waals surface area contributed by atoms with Crippen molar-refractivity contribution in [2.45, 2.75) is 50.4 Å². The Kier molecular flexibility index (Phi) is 7.10. The molecular formula is C24H28FN3O5. The molecule has 2 aliphatic heterocycles. The van der Waals surface area contributed by atoms with Gasteiger partial charge in [0, 0.05) is 29.4 Å². The number of anilines is 2. The van der Waals surface area contributed by atoms with Crippen LogP contribution in [0.25, 0.3) is 0 Å². The number of aliphatic hydroxyl groups excluding tert-OH is 1. The Bertz CT molecular complexity index is 1000. The van der Waals surface area contributed by atoms with Gasteiger partial charge in [-0.2, -0.15) is 0 Å². The van der Waals surface area contributed by atoms with Gasteiger partial charge in [-0.25, -0.2) is 9.18 Å². The van der Waals surface area contributed by atoms with Crippen molar-refractivity contribution >= 4 is 23.3 Å². The molecule has 33 heavy (non-hydrogen) atoms. The highest BCUT2D eigenvalue weighted by molar-refractivity contribution is 5.99. The summed E-state index contributed by atoms with van der Waals surface area (Å²) in [6.07, 6.45) is 0.397. The fraction of sp³-hybridized carbons (Fsp3) is 0.417. The van der Waals surface area contributed by atoms with Crippen LogP contribution in [0.1, 0.15) is 37.7 Å². The molecule has 0 aromatic heterocycles. The molecule has 0 saturated carbocycles. The number of fused-ring (bicyclic) bond motifs is 3. The van der Waals surface area contributed by atoms with Crippen LogP contribution in [0.5, 0.6) is 5.75 Å². The molecule has 0 bridgehead atoms. The molecule has 9 heteroatoms. The minimum absolute atomic E-state index is 0.0724. The SMILES string of the molecule is CCCNC(=O)C[C@@H]1C[C@H]2c3cc(NC(=O)Nc4ccc(F)cc4)ccc3O[C@H]2[C@H](CO)O1. The molecule has 2 aliphatic rings. The first-order chi connectivity index (χ1) is 16.0. The van der Waals surface area contributed by atoms with E-state index in [1.54, 1.807) is 12.1 Å². The van der Waals surface area contributed by atoms with Gasteiger partial charge in [-0.3, -0.25) is 4.79 Å². The smallest absolute Gasteiger partial charge is 0.323 e. The third kappa shape index (κ3) is 5.43. The Morgan fingerprint density at radius 2 is 1.85 bits per heavy atom. The van der Waals surface area contributed by atoms with Crippen molar-refractivity contribution in [2.24, 2.45) is 0 Å². The zero-order chi connectivity index (χ0) is 23.4. The number of amides is 3. The lowest BCUT2D eigenvalue weighted by Gasteiger charge is -2.37. The minimum Gasteiger partial charge on any atom is -0.487 e. The van der Waals surface area contributed by atoms with Gasteiger partial charge in [-0.15, -0.1) is 0 Å². The van der Waals surface area contributed by atoms with E-state index in [-0.39, 0.29) is 42.9 Å². The molecule has 1 fully saturated rings. The Labute approximate surface area is 191 Å². The van der Waals surface area contributed by atoms with Gasteiger partial charge in [-0.05, 0) is 55.3 Å². The van der Waals surface area contributed by atoms with Crippen LogP contribution in [0.3, 0.4) is 0 Å². The first-order valence-corrected chi connectivity index (χ1v) is 11.1. The zero-order valence-electron chi connectivity index (χ0n) is 18.3. The standard InChI is InChI=1S/C24H28FN3O5/c1-2-9-26-22(30)12-17-11-19-18-10-16(7-8-20(18)33-23(19)21(13-29)32-17)28-24(31)27-15-5-3-14(25)4-6-15/h3-8,10,17,19,21,23,29H,2,9,11-13H2,1H3,(H,26,30)(H2,27,28,31)/t17-,19-,21-,23+/m0/s1. The van der Waals surface area contributed by atoms with E-state index in [4.69, 9.17) is 9.47 Å². The summed E-state index contributed by atoms with van der Waals surface area (Å²) in [5.41, 5.74) is 1.94. The molecule has 2 aromatic carbocycles. The predicted molar refractivity (Wildman–Crippen MR) is 121 cm³/mol. The summed E-state index contributed by atoms with van der Waals surface area (Å²) in [5.74, 6) is 0.140. The molecule has 4 N–H and O–H groups in total. The second kappa shape index (κ2) is 10.2. The number of hydrogen-bond acceptors (Lipinski definition) is 5. The van der Waals surface area contributed by atoms with Gasteiger partial charge in [0.1, 0.15) is 23.8 Å². The van der Waals surface area contributed by atoms with Crippen LogP contribution < -0.4 is 20.7 Å². The molecule has 176 valence electrons.